The van der Waals surface area contributed by atoms with Crippen molar-refractivity contribution >= 4 is 16.3 Å². The van der Waals surface area contributed by atoms with Crippen LogP contribution in [-0.4, -0.2) is 26.4 Å². The lowest BCUT2D eigenvalue weighted by atomic mass is 10.1. The number of aryl methyl sites for hydroxylation is 1. The minimum atomic E-state index is 0.260. The number of hydrogen-bond donors (Lipinski definition) is 0. The van der Waals surface area contributed by atoms with Crippen LogP contribution in [-0.2, 0) is 0 Å². The van der Waals surface area contributed by atoms with Crippen LogP contribution in [0.4, 0.5) is 0 Å². The third-order valence-corrected chi connectivity index (χ3v) is 4.75. The van der Waals surface area contributed by atoms with E-state index in [0.29, 0.717) is 0 Å². The number of terminal acetylenes is 1. The normalized spacial score (nSPS) is 10.7. The second-order valence-electron chi connectivity index (χ2n) is 5.46. The molecule has 25 heavy (non-hydrogen) atoms. The van der Waals surface area contributed by atoms with Gasteiger partial charge in [0.2, 0.25) is 4.96 Å². The number of ether oxygens (including phenoxy) is 1. The number of rotatable bonds is 4. The largest absolute Gasteiger partial charge is 0.481 e. The Morgan fingerprint density at radius 3 is 2.68 bits per heavy atom. The molecule has 0 amide bonds. The van der Waals surface area contributed by atoms with Crippen LogP contribution in [0.2, 0.25) is 0 Å². The maximum atomic E-state index is 5.40. The minimum absolute atomic E-state index is 0.260. The molecule has 0 aliphatic heterocycles. The molecule has 0 saturated heterocycles. The zero-order chi connectivity index (χ0) is 17.2. The highest BCUT2D eigenvalue weighted by Gasteiger charge is 2.15. The molecule has 0 radical (unpaired) electrons. The predicted molar refractivity (Wildman–Crippen MR) is 98.6 cm³/mol. The van der Waals surface area contributed by atoms with Gasteiger partial charge in [0.05, 0.1) is 0 Å². The van der Waals surface area contributed by atoms with Crippen molar-refractivity contribution in [2.45, 2.75) is 6.92 Å². The molecule has 2 heterocycles. The molecule has 122 valence electrons. The molecule has 2 aromatic carbocycles. The van der Waals surface area contributed by atoms with Gasteiger partial charge in [0.15, 0.2) is 5.82 Å². The van der Waals surface area contributed by atoms with Gasteiger partial charge in [0.1, 0.15) is 17.4 Å². The van der Waals surface area contributed by atoms with Crippen LogP contribution in [0.3, 0.4) is 0 Å². The second kappa shape index (κ2) is 6.38. The summed E-state index contributed by atoms with van der Waals surface area (Å²) in [5.41, 5.74) is 3.17. The van der Waals surface area contributed by atoms with Crippen molar-refractivity contribution in [2.24, 2.45) is 0 Å². The van der Waals surface area contributed by atoms with Gasteiger partial charge in [-0.3, -0.25) is 0 Å². The first-order chi connectivity index (χ1) is 12.3. The van der Waals surface area contributed by atoms with Gasteiger partial charge in [0, 0.05) is 11.1 Å². The number of aromatic nitrogens is 4. The fraction of sp³-hybridized carbons (Fsp3) is 0.105. The molecule has 0 bridgehead atoms. The summed E-state index contributed by atoms with van der Waals surface area (Å²) < 4.78 is 7.20. The molecule has 0 aliphatic carbocycles. The number of hydrogen-bond acceptors (Lipinski definition) is 5. The highest BCUT2D eigenvalue weighted by atomic mass is 32.1. The first kappa shape index (κ1) is 15.4. The van der Waals surface area contributed by atoms with Gasteiger partial charge in [-0.15, -0.1) is 16.6 Å². The van der Waals surface area contributed by atoms with Crippen LogP contribution in [0.5, 0.6) is 5.75 Å². The van der Waals surface area contributed by atoms with Crippen molar-refractivity contribution in [3.63, 3.8) is 0 Å². The van der Waals surface area contributed by atoms with Crippen molar-refractivity contribution in [1.29, 1.82) is 0 Å². The van der Waals surface area contributed by atoms with Crippen molar-refractivity contribution in [1.82, 2.24) is 19.8 Å². The summed E-state index contributed by atoms with van der Waals surface area (Å²) in [5, 5.41) is 14.1. The predicted octanol–water partition coefficient (Wildman–Crippen LogP) is 3.84. The molecule has 0 unspecified atom stereocenters. The van der Waals surface area contributed by atoms with Gasteiger partial charge < -0.3 is 4.74 Å². The number of fused-ring (bicyclic) bond motifs is 1. The molecule has 0 aliphatic rings. The average molecular weight is 346 g/mol. The quantitative estimate of drug-likeness (QED) is 0.527. The maximum Gasteiger partial charge on any atom is 0.235 e. The first-order valence-corrected chi connectivity index (χ1v) is 8.53. The van der Waals surface area contributed by atoms with Crippen LogP contribution in [0.15, 0.2) is 48.5 Å². The fourth-order valence-electron chi connectivity index (χ4n) is 2.54. The molecular weight excluding hydrogens is 332 g/mol. The van der Waals surface area contributed by atoms with Crippen LogP contribution in [0.1, 0.15) is 5.56 Å². The third-order valence-electron chi connectivity index (χ3n) is 3.80. The molecule has 0 N–H and O–H groups in total. The first-order valence-electron chi connectivity index (χ1n) is 7.71. The van der Waals surface area contributed by atoms with Crippen LogP contribution < -0.4 is 4.74 Å². The Morgan fingerprint density at radius 2 is 1.92 bits per heavy atom. The van der Waals surface area contributed by atoms with E-state index >= 15 is 0 Å². The van der Waals surface area contributed by atoms with E-state index in [1.807, 2.05) is 42.5 Å². The molecule has 2 aromatic heterocycles. The van der Waals surface area contributed by atoms with Gasteiger partial charge in [-0.1, -0.05) is 41.5 Å². The lowest BCUT2D eigenvalue weighted by molar-refractivity contribution is 0.370. The second-order valence-corrected chi connectivity index (χ2v) is 6.41. The Kier molecular flexibility index (Phi) is 3.92. The molecule has 4 rings (SSSR count). The summed E-state index contributed by atoms with van der Waals surface area (Å²) in [5.74, 6) is 3.95. The van der Waals surface area contributed by atoms with Gasteiger partial charge in [-0.25, -0.2) is 0 Å². The maximum absolute atomic E-state index is 5.40. The summed E-state index contributed by atoms with van der Waals surface area (Å²) in [6.45, 7) is 2.31. The molecule has 0 spiro atoms. The Morgan fingerprint density at radius 1 is 1.12 bits per heavy atom. The van der Waals surface area contributed by atoms with E-state index in [1.165, 1.54) is 11.3 Å². The fourth-order valence-corrected chi connectivity index (χ4v) is 3.39. The van der Waals surface area contributed by atoms with Crippen molar-refractivity contribution < 1.29 is 4.74 Å². The Hall–Kier alpha value is -3.17. The Bertz CT molecular complexity index is 1070. The van der Waals surface area contributed by atoms with E-state index in [-0.39, 0.29) is 6.61 Å². The van der Waals surface area contributed by atoms with E-state index in [4.69, 9.17) is 11.2 Å². The zero-order valence-electron chi connectivity index (χ0n) is 13.5. The molecule has 6 heteroatoms. The van der Waals surface area contributed by atoms with Crippen molar-refractivity contribution in [2.75, 3.05) is 6.61 Å². The molecular formula is C19H14N4OS. The van der Waals surface area contributed by atoms with Gasteiger partial charge in [-0.05, 0) is 36.8 Å². The van der Waals surface area contributed by atoms with Crippen molar-refractivity contribution in [3.05, 3.63) is 54.1 Å². The zero-order valence-corrected chi connectivity index (χ0v) is 14.3. The number of nitrogens with zero attached hydrogens (tertiary/aromatic N) is 4. The molecule has 5 nitrogen and oxygen atoms in total. The van der Waals surface area contributed by atoms with E-state index in [9.17, 15) is 0 Å². The number of benzene rings is 2. The molecule has 0 fully saturated rings. The molecule has 0 saturated carbocycles. The Labute approximate surface area is 148 Å². The lowest BCUT2D eigenvalue weighted by Gasteiger charge is -2.02. The summed E-state index contributed by atoms with van der Waals surface area (Å²) in [6.07, 6.45) is 5.20. The summed E-state index contributed by atoms with van der Waals surface area (Å²) in [4.78, 5) is 0.765. The van der Waals surface area contributed by atoms with Crippen molar-refractivity contribution in [3.8, 4) is 40.1 Å². The van der Waals surface area contributed by atoms with Crippen LogP contribution in [0, 0.1) is 19.3 Å². The standard InChI is InChI=1S/C19H14N4OS/c1-3-12-24-15-10-8-14(9-11-15)18-22-23-17(20-21-19(23)25-18)16-7-5-4-6-13(16)2/h1,4-11H,12H2,2H3. The smallest absolute Gasteiger partial charge is 0.235 e. The highest BCUT2D eigenvalue weighted by Crippen LogP contribution is 2.30. The van der Waals surface area contributed by atoms with E-state index < -0.39 is 0 Å². The summed E-state index contributed by atoms with van der Waals surface area (Å²) >= 11 is 1.50. The van der Waals surface area contributed by atoms with E-state index in [1.54, 1.807) is 4.52 Å². The topological polar surface area (TPSA) is 52.3 Å². The van der Waals surface area contributed by atoms with Gasteiger partial charge >= 0.3 is 0 Å². The highest BCUT2D eigenvalue weighted by molar-refractivity contribution is 7.19. The third kappa shape index (κ3) is 2.86. The van der Waals surface area contributed by atoms with Gasteiger partial charge in [0.25, 0.3) is 0 Å². The van der Waals surface area contributed by atoms with E-state index in [0.717, 1.165) is 38.2 Å². The summed E-state index contributed by atoms with van der Waals surface area (Å²) in [7, 11) is 0. The average Bonchev–Trinajstić information content (AvgIpc) is 3.22. The lowest BCUT2D eigenvalue weighted by Crippen LogP contribution is -1.94. The Balaban J connectivity index is 1.71. The molecule has 4 aromatic rings. The van der Waals surface area contributed by atoms with Gasteiger partial charge in [-0.2, -0.15) is 9.61 Å². The summed E-state index contributed by atoms with van der Waals surface area (Å²) in [6, 6.07) is 15.8. The monoisotopic (exact) mass is 346 g/mol. The SMILES string of the molecule is C#CCOc1ccc(-c2nn3c(-c4ccccc4C)nnc3s2)cc1. The van der Waals surface area contributed by atoms with E-state index in [2.05, 4.69) is 34.2 Å². The van der Waals surface area contributed by atoms with Crippen LogP contribution >= 0.6 is 11.3 Å². The molecule has 0 atom stereocenters. The minimum Gasteiger partial charge on any atom is -0.481 e. The van der Waals surface area contributed by atoms with Crippen LogP contribution in [0.25, 0.3) is 26.9 Å².